The molecule has 2 aromatic rings. The van der Waals surface area contributed by atoms with Crippen molar-refractivity contribution in [2.45, 2.75) is 16.5 Å². The van der Waals surface area contributed by atoms with Crippen molar-refractivity contribution in [2.75, 3.05) is 0 Å². The zero-order chi connectivity index (χ0) is 14.8. The van der Waals surface area contributed by atoms with Crippen LogP contribution in [0.5, 0.6) is 5.75 Å². The molecule has 2 rings (SSSR count). The molecule has 0 fully saturated rings. The number of benzene rings is 1. The predicted octanol–water partition coefficient (Wildman–Crippen LogP) is 4.90. The van der Waals surface area contributed by atoms with Crippen molar-refractivity contribution < 1.29 is 22.3 Å². The van der Waals surface area contributed by atoms with Gasteiger partial charge in [-0.1, -0.05) is 31.9 Å². The first kappa shape index (κ1) is 15.4. The van der Waals surface area contributed by atoms with E-state index in [4.69, 9.17) is 4.42 Å². The Bertz CT molecular complexity index is 567. The number of alkyl halides is 5. The van der Waals surface area contributed by atoms with Gasteiger partial charge in [-0.15, -0.1) is 13.2 Å². The Morgan fingerprint density at radius 2 is 1.85 bits per heavy atom. The minimum Gasteiger partial charge on any atom is -0.443 e. The lowest BCUT2D eigenvalue weighted by atomic mass is 10.1. The highest BCUT2D eigenvalue weighted by atomic mass is 79.9. The number of nitrogens with zero attached hydrogens (tertiary/aromatic N) is 1. The van der Waals surface area contributed by atoms with E-state index in [-0.39, 0.29) is 9.49 Å². The quantitative estimate of drug-likeness (QED) is 0.667. The Morgan fingerprint density at radius 3 is 2.40 bits per heavy atom. The summed E-state index contributed by atoms with van der Waals surface area (Å²) in [6.45, 7) is 0. The summed E-state index contributed by atoms with van der Waals surface area (Å²) in [6, 6.07) is 5.44. The Kier molecular flexibility index (Phi) is 4.74. The average Bonchev–Trinajstić information content (AvgIpc) is 2.75. The lowest BCUT2D eigenvalue weighted by Crippen LogP contribution is -2.16. The van der Waals surface area contributed by atoms with Gasteiger partial charge in [0.2, 0.25) is 0 Å². The molecule has 0 N–H and O–H groups in total. The second kappa shape index (κ2) is 6.17. The molecular weight excluding hydrogens is 407 g/mol. The molecule has 0 spiro atoms. The van der Waals surface area contributed by atoms with Crippen molar-refractivity contribution in [3.8, 4) is 17.1 Å². The van der Waals surface area contributed by atoms with Gasteiger partial charge in [0.05, 0.1) is 9.43 Å². The van der Waals surface area contributed by atoms with Crippen molar-refractivity contribution in [2.24, 2.45) is 0 Å². The number of halogens is 5. The van der Waals surface area contributed by atoms with Crippen molar-refractivity contribution in [3.63, 3.8) is 0 Å². The molecule has 0 aliphatic rings. The molecule has 0 amide bonds. The standard InChI is InChI=1S/C12H8Br2F3NO2/c13-10(14)5-9-11(19-6-18-9)7-1-3-8(4-2-7)20-12(15,16)17/h1-4,6,10H,5H2. The van der Waals surface area contributed by atoms with Crippen LogP contribution in [0.4, 0.5) is 13.2 Å². The molecule has 0 atom stereocenters. The highest BCUT2D eigenvalue weighted by molar-refractivity contribution is 9.24. The molecule has 0 saturated carbocycles. The van der Waals surface area contributed by atoms with Crippen LogP contribution < -0.4 is 4.74 Å². The first-order valence-corrected chi connectivity index (χ1v) is 7.25. The summed E-state index contributed by atoms with van der Waals surface area (Å²) in [6.07, 6.45) is -2.82. The molecule has 3 nitrogen and oxygen atoms in total. The monoisotopic (exact) mass is 413 g/mol. The van der Waals surface area contributed by atoms with Crippen molar-refractivity contribution in [1.29, 1.82) is 0 Å². The molecule has 8 heteroatoms. The summed E-state index contributed by atoms with van der Waals surface area (Å²) in [7, 11) is 0. The zero-order valence-electron chi connectivity index (χ0n) is 9.82. The maximum atomic E-state index is 12.1. The average molecular weight is 415 g/mol. The van der Waals surface area contributed by atoms with Crippen LogP contribution in [0.2, 0.25) is 0 Å². The van der Waals surface area contributed by atoms with Gasteiger partial charge in [0, 0.05) is 12.0 Å². The van der Waals surface area contributed by atoms with Gasteiger partial charge in [-0.05, 0) is 24.3 Å². The smallest absolute Gasteiger partial charge is 0.443 e. The van der Waals surface area contributed by atoms with E-state index in [1.165, 1.54) is 30.7 Å². The topological polar surface area (TPSA) is 35.3 Å². The Labute approximate surface area is 129 Å². The maximum absolute atomic E-state index is 12.1. The van der Waals surface area contributed by atoms with Crippen LogP contribution in [0.1, 0.15) is 5.69 Å². The molecule has 20 heavy (non-hydrogen) atoms. The molecule has 1 aromatic heterocycles. The highest BCUT2D eigenvalue weighted by Gasteiger charge is 2.31. The van der Waals surface area contributed by atoms with Crippen LogP contribution in [0.25, 0.3) is 11.3 Å². The number of aromatic nitrogens is 1. The molecule has 0 aliphatic heterocycles. The normalized spacial score (nSPS) is 11.9. The summed E-state index contributed by atoms with van der Waals surface area (Å²) < 4.78 is 45.3. The van der Waals surface area contributed by atoms with Crippen LogP contribution in [0, 0.1) is 0 Å². The number of hydrogen-bond acceptors (Lipinski definition) is 3. The lowest BCUT2D eigenvalue weighted by molar-refractivity contribution is -0.274. The van der Waals surface area contributed by atoms with Gasteiger partial charge in [0.15, 0.2) is 12.2 Å². The Balaban J connectivity index is 2.20. The van der Waals surface area contributed by atoms with Gasteiger partial charge in [-0.2, -0.15) is 0 Å². The van der Waals surface area contributed by atoms with Crippen LogP contribution in [0.3, 0.4) is 0 Å². The number of ether oxygens (including phenoxy) is 1. The molecule has 0 radical (unpaired) electrons. The van der Waals surface area contributed by atoms with Gasteiger partial charge in [0.25, 0.3) is 0 Å². The fourth-order valence-corrected chi connectivity index (χ4v) is 2.22. The van der Waals surface area contributed by atoms with E-state index in [1.807, 2.05) is 0 Å². The number of rotatable bonds is 4. The third-order valence-electron chi connectivity index (χ3n) is 2.34. The van der Waals surface area contributed by atoms with Crippen LogP contribution >= 0.6 is 31.9 Å². The van der Waals surface area contributed by atoms with Crippen LogP contribution in [-0.2, 0) is 6.42 Å². The fourth-order valence-electron chi connectivity index (χ4n) is 1.60. The van der Waals surface area contributed by atoms with Crippen LogP contribution in [-0.4, -0.2) is 15.1 Å². The minimum atomic E-state index is -4.70. The summed E-state index contributed by atoms with van der Waals surface area (Å²) >= 11 is 6.67. The Hall–Kier alpha value is -1.02. The summed E-state index contributed by atoms with van der Waals surface area (Å²) in [5.74, 6) is 0.244. The SMILES string of the molecule is FC(F)(F)Oc1ccc(-c2ocnc2CC(Br)Br)cc1. The predicted molar refractivity (Wildman–Crippen MR) is 74.0 cm³/mol. The van der Waals surface area contributed by atoms with Gasteiger partial charge >= 0.3 is 6.36 Å². The van der Waals surface area contributed by atoms with Gasteiger partial charge in [-0.25, -0.2) is 4.98 Å². The van der Waals surface area contributed by atoms with Crippen molar-refractivity contribution in [3.05, 3.63) is 36.4 Å². The molecular formula is C12H8Br2F3NO2. The number of hydrogen-bond donors (Lipinski definition) is 0. The molecule has 0 aliphatic carbocycles. The second-order valence-corrected chi connectivity index (χ2v) is 7.23. The van der Waals surface area contributed by atoms with E-state index >= 15 is 0 Å². The molecule has 0 bridgehead atoms. The molecule has 108 valence electrons. The first-order valence-electron chi connectivity index (χ1n) is 5.42. The second-order valence-electron chi connectivity index (χ2n) is 3.80. The fraction of sp³-hybridized carbons (Fsp3) is 0.250. The van der Waals surface area contributed by atoms with Gasteiger partial charge in [0.1, 0.15) is 5.75 Å². The largest absolute Gasteiger partial charge is 0.573 e. The molecule has 1 heterocycles. The Morgan fingerprint density at radius 1 is 1.20 bits per heavy atom. The van der Waals surface area contributed by atoms with E-state index in [0.717, 1.165) is 0 Å². The third kappa shape index (κ3) is 4.24. The van der Waals surface area contributed by atoms with Gasteiger partial charge in [-0.3, -0.25) is 0 Å². The van der Waals surface area contributed by atoms with E-state index in [2.05, 4.69) is 41.6 Å². The zero-order valence-corrected chi connectivity index (χ0v) is 13.0. The summed E-state index contributed by atoms with van der Waals surface area (Å²) in [4.78, 5) is 4.08. The lowest BCUT2D eigenvalue weighted by Gasteiger charge is -2.09. The van der Waals surface area contributed by atoms with E-state index in [0.29, 0.717) is 23.4 Å². The van der Waals surface area contributed by atoms with Gasteiger partial charge < -0.3 is 9.15 Å². The third-order valence-corrected chi connectivity index (χ3v) is 2.99. The van der Waals surface area contributed by atoms with Crippen molar-refractivity contribution >= 4 is 31.9 Å². The summed E-state index contributed by atoms with van der Waals surface area (Å²) in [5.41, 5.74) is 1.33. The molecule has 0 unspecified atom stereocenters. The van der Waals surface area contributed by atoms with E-state index in [1.54, 1.807) is 0 Å². The highest BCUT2D eigenvalue weighted by Crippen LogP contribution is 2.29. The summed E-state index contributed by atoms with van der Waals surface area (Å²) in [5, 5.41) is 0. The van der Waals surface area contributed by atoms with Crippen LogP contribution in [0.15, 0.2) is 35.1 Å². The maximum Gasteiger partial charge on any atom is 0.573 e. The van der Waals surface area contributed by atoms with E-state index in [9.17, 15) is 13.2 Å². The van der Waals surface area contributed by atoms with Crippen molar-refractivity contribution in [1.82, 2.24) is 4.98 Å². The molecule has 0 saturated heterocycles. The molecule has 1 aromatic carbocycles. The first-order chi connectivity index (χ1) is 9.35. The number of oxazole rings is 1. The minimum absolute atomic E-state index is 0.0340. The van der Waals surface area contributed by atoms with E-state index < -0.39 is 6.36 Å².